The Bertz CT molecular complexity index is 469. The summed E-state index contributed by atoms with van der Waals surface area (Å²) in [5.41, 5.74) is 1.71. The summed E-state index contributed by atoms with van der Waals surface area (Å²) in [6, 6.07) is 2.12. The number of likely N-dealkylation sites (tertiary alicyclic amines) is 1. The molecular weight excluding hydrogens is 242 g/mol. The Balaban J connectivity index is 2.05. The highest BCUT2D eigenvalue weighted by molar-refractivity contribution is 5.75. The summed E-state index contributed by atoms with van der Waals surface area (Å²) in [4.78, 5) is 13.7. The zero-order chi connectivity index (χ0) is 14.0. The second-order valence-electron chi connectivity index (χ2n) is 5.50. The Morgan fingerprint density at radius 1 is 1.53 bits per heavy atom. The number of rotatable bonds is 5. The fourth-order valence-corrected chi connectivity index (χ4v) is 2.83. The molecule has 0 aromatic carbocycles. The van der Waals surface area contributed by atoms with Gasteiger partial charge in [0.15, 0.2) is 0 Å². The van der Waals surface area contributed by atoms with E-state index in [4.69, 9.17) is 0 Å². The van der Waals surface area contributed by atoms with Crippen LogP contribution in [0.2, 0.25) is 0 Å². The maximum Gasteiger partial charge on any atom is 0.310 e. The molecule has 5 nitrogen and oxygen atoms in total. The number of hydrogen-bond donors (Lipinski definition) is 1. The van der Waals surface area contributed by atoms with Crippen molar-refractivity contribution in [2.24, 2.45) is 12.5 Å². The number of carbonyl (C=O) groups is 1. The number of aliphatic carboxylic acids is 1. The zero-order valence-corrected chi connectivity index (χ0v) is 12.0. The SMILES string of the molecule is CCc1cc(CN2CCC(CC)(C(=O)O)C2)n(C)n1. The van der Waals surface area contributed by atoms with E-state index in [0.717, 1.165) is 37.3 Å². The molecular formula is C14H23N3O2. The Morgan fingerprint density at radius 3 is 2.74 bits per heavy atom. The monoisotopic (exact) mass is 265 g/mol. The standard InChI is InChI=1S/C14H23N3O2/c1-4-11-8-12(16(3)15-11)9-17-7-6-14(5-2,10-17)13(18)19/h8H,4-7,9-10H2,1-3H3,(H,18,19). The lowest BCUT2D eigenvalue weighted by Crippen LogP contribution is -2.34. The number of carboxylic acid groups (broad SMARTS) is 1. The average molecular weight is 265 g/mol. The molecule has 0 spiro atoms. The van der Waals surface area contributed by atoms with Crippen LogP contribution in [0.5, 0.6) is 0 Å². The zero-order valence-electron chi connectivity index (χ0n) is 12.0. The highest BCUT2D eigenvalue weighted by Crippen LogP contribution is 2.34. The van der Waals surface area contributed by atoms with E-state index in [9.17, 15) is 9.90 Å². The van der Waals surface area contributed by atoms with Gasteiger partial charge in [0, 0.05) is 20.1 Å². The van der Waals surface area contributed by atoms with Gasteiger partial charge in [-0.05, 0) is 31.9 Å². The highest BCUT2D eigenvalue weighted by Gasteiger charge is 2.43. The molecule has 1 aliphatic rings. The quantitative estimate of drug-likeness (QED) is 0.880. The van der Waals surface area contributed by atoms with Gasteiger partial charge in [0.25, 0.3) is 0 Å². The molecule has 0 amide bonds. The molecule has 5 heteroatoms. The third-order valence-electron chi connectivity index (χ3n) is 4.34. The first-order valence-electron chi connectivity index (χ1n) is 6.98. The van der Waals surface area contributed by atoms with Gasteiger partial charge >= 0.3 is 5.97 Å². The first-order chi connectivity index (χ1) is 9.00. The smallest absolute Gasteiger partial charge is 0.310 e. The van der Waals surface area contributed by atoms with Crippen molar-refractivity contribution in [3.8, 4) is 0 Å². The van der Waals surface area contributed by atoms with Crippen LogP contribution in [-0.4, -0.2) is 38.8 Å². The number of aromatic nitrogens is 2. The van der Waals surface area contributed by atoms with E-state index in [1.807, 2.05) is 18.7 Å². The van der Waals surface area contributed by atoms with Crippen molar-refractivity contribution in [1.29, 1.82) is 0 Å². The molecule has 2 heterocycles. The van der Waals surface area contributed by atoms with Crippen LogP contribution in [0.15, 0.2) is 6.07 Å². The molecule has 2 rings (SSSR count). The van der Waals surface area contributed by atoms with Gasteiger partial charge in [-0.2, -0.15) is 5.10 Å². The minimum Gasteiger partial charge on any atom is -0.481 e. The van der Waals surface area contributed by atoms with Crippen molar-refractivity contribution in [1.82, 2.24) is 14.7 Å². The number of hydrogen-bond acceptors (Lipinski definition) is 3. The number of carboxylic acids is 1. The topological polar surface area (TPSA) is 58.4 Å². The lowest BCUT2D eigenvalue weighted by Gasteiger charge is -2.23. The van der Waals surface area contributed by atoms with E-state index >= 15 is 0 Å². The molecule has 1 fully saturated rings. The predicted octanol–water partition coefficient (Wildman–Crippen LogP) is 1.67. The van der Waals surface area contributed by atoms with Crippen LogP contribution in [0.25, 0.3) is 0 Å². The summed E-state index contributed by atoms with van der Waals surface area (Å²) in [6.07, 6.45) is 2.38. The highest BCUT2D eigenvalue weighted by atomic mass is 16.4. The maximum atomic E-state index is 11.4. The maximum absolute atomic E-state index is 11.4. The van der Waals surface area contributed by atoms with Crippen molar-refractivity contribution < 1.29 is 9.90 Å². The van der Waals surface area contributed by atoms with E-state index in [1.165, 1.54) is 0 Å². The Morgan fingerprint density at radius 2 is 2.26 bits per heavy atom. The van der Waals surface area contributed by atoms with Gasteiger partial charge < -0.3 is 5.11 Å². The van der Waals surface area contributed by atoms with Crippen LogP contribution in [0.4, 0.5) is 0 Å². The van der Waals surface area contributed by atoms with Gasteiger partial charge in [-0.3, -0.25) is 14.4 Å². The van der Waals surface area contributed by atoms with Gasteiger partial charge in [-0.1, -0.05) is 13.8 Å². The minimum atomic E-state index is -0.656. The Kier molecular flexibility index (Phi) is 3.94. The number of nitrogens with zero attached hydrogens (tertiary/aromatic N) is 3. The van der Waals surface area contributed by atoms with Crippen LogP contribution in [-0.2, 0) is 24.8 Å². The van der Waals surface area contributed by atoms with Crippen LogP contribution in [0.3, 0.4) is 0 Å². The molecule has 106 valence electrons. The molecule has 1 aromatic rings. The summed E-state index contributed by atoms with van der Waals surface area (Å²) in [5, 5.41) is 13.8. The van der Waals surface area contributed by atoms with Crippen LogP contribution in [0.1, 0.15) is 38.1 Å². The van der Waals surface area contributed by atoms with Crippen LogP contribution in [0, 0.1) is 5.41 Å². The van der Waals surface area contributed by atoms with E-state index in [2.05, 4.69) is 23.0 Å². The normalized spacial score (nSPS) is 23.9. The fraction of sp³-hybridized carbons (Fsp3) is 0.714. The van der Waals surface area contributed by atoms with Crippen molar-refractivity contribution >= 4 is 5.97 Å². The van der Waals surface area contributed by atoms with E-state index in [1.54, 1.807) is 0 Å². The number of aryl methyl sites for hydroxylation is 2. The molecule has 1 saturated heterocycles. The molecule has 1 unspecified atom stereocenters. The minimum absolute atomic E-state index is 0.549. The van der Waals surface area contributed by atoms with Gasteiger partial charge in [0.05, 0.1) is 16.8 Å². The largest absolute Gasteiger partial charge is 0.481 e. The summed E-state index contributed by atoms with van der Waals surface area (Å²) >= 11 is 0. The van der Waals surface area contributed by atoms with Crippen LogP contribution >= 0.6 is 0 Å². The molecule has 19 heavy (non-hydrogen) atoms. The summed E-state index contributed by atoms with van der Waals surface area (Å²) in [5.74, 6) is -0.656. The average Bonchev–Trinajstić information content (AvgIpc) is 2.95. The molecule has 0 saturated carbocycles. The molecule has 1 aliphatic heterocycles. The summed E-state index contributed by atoms with van der Waals surface area (Å²) in [6.45, 7) is 6.35. The second-order valence-corrected chi connectivity index (χ2v) is 5.50. The predicted molar refractivity (Wildman–Crippen MR) is 72.8 cm³/mol. The summed E-state index contributed by atoms with van der Waals surface area (Å²) < 4.78 is 1.91. The lowest BCUT2D eigenvalue weighted by molar-refractivity contribution is -0.148. The fourth-order valence-electron chi connectivity index (χ4n) is 2.83. The van der Waals surface area contributed by atoms with Crippen molar-refractivity contribution in [2.45, 2.75) is 39.7 Å². The van der Waals surface area contributed by atoms with Gasteiger partial charge in [0.1, 0.15) is 0 Å². The van der Waals surface area contributed by atoms with Crippen LogP contribution < -0.4 is 0 Å². The first-order valence-corrected chi connectivity index (χ1v) is 6.98. The third kappa shape index (κ3) is 2.66. The van der Waals surface area contributed by atoms with Crippen molar-refractivity contribution in [3.05, 3.63) is 17.5 Å². The molecule has 1 N–H and O–H groups in total. The van der Waals surface area contributed by atoms with Gasteiger partial charge in [-0.25, -0.2) is 0 Å². The molecule has 0 bridgehead atoms. The lowest BCUT2D eigenvalue weighted by atomic mass is 9.84. The van der Waals surface area contributed by atoms with Gasteiger partial charge in [0.2, 0.25) is 0 Å². The molecule has 0 radical (unpaired) electrons. The first kappa shape index (κ1) is 14.1. The third-order valence-corrected chi connectivity index (χ3v) is 4.34. The van der Waals surface area contributed by atoms with Gasteiger partial charge in [-0.15, -0.1) is 0 Å². The summed E-state index contributed by atoms with van der Waals surface area (Å²) in [7, 11) is 1.95. The molecule has 1 aromatic heterocycles. The Labute approximate surface area is 114 Å². The van der Waals surface area contributed by atoms with E-state index in [-0.39, 0.29) is 0 Å². The second kappa shape index (κ2) is 5.33. The van der Waals surface area contributed by atoms with Crippen molar-refractivity contribution in [2.75, 3.05) is 13.1 Å². The molecule has 0 aliphatic carbocycles. The van der Waals surface area contributed by atoms with Crippen molar-refractivity contribution in [3.63, 3.8) is 0 Å². The Hall–Kier alpha value is -1.36. The van der Waals surface area contributed by atoms with E-state index < -0.39 is 11.4 Å². The van der Waals surface area contributed by atoms with E-state index in [0.29, 0.717) is 13.0 Å². The molecule has 1 atom stereocenters.